The topological polar surface area (TPSA) is 92.8 Å². The van der Waals surface area contributed by atoms with E-state index in [0.717, 1.165) is 22.8 Å². The van der Waals surface area contributed by atoms with Crippen molar-refractivity contribution in [1.82, 2.24) is 4.31 Å². The van der Waals surface area contributed by atoms with Crippen molar-refractivity contribution in [3.05, 3.63) is 46.7 Å². The number of hydrogen-bond donors (Lipinski definition) is 1. The Hall–Kier alpha value is -1.88. The molecule has 0 bridgehead atoms. The maximum Gasteiger partial charge on any atom is 0.350 e. The van der Waals surface area contributed by atoms with Gasteiger partial charge in [0.15, 0.2) is 6.61 Å². The van der Waals surface area contributed by atoms with Gasteiger partial charge in [-0.25, -0.2) is 13.2 Å². The van der Waals surface area contributed by atoms with E-state index >= 15 is 0 Å². The lowest BCUT2D eigenvalue weighted by Crippen LogP contribution is -2.38. The molecule has 7 nitrogen and oxygen atoms in total. The van der Waals surface area contributed by atoms with Crippen molar-refractivity contribution in [2.75, 3.05) is 36.5 Å². The highest BCUT2D eigenvalue weighted by atomic mass is 32.2. The Kier molecular flexibility index (Phi) is 6.53. The highest BCUT2D eigenvalue weighted by Crippen LogP contribution is 2.27. The van der Waals surface area contributed by atoms with E-state index in [4.69, 9.17) is 4.74 Å². The van der Waals surface area contributed by atoms with Gasteiger partial charge in [0.25, 0.3) is 5.91 Å². The Labute approximate surface area is 165 Å². The molecule has 1 fully saturated rings. The second-order valence-electron chi connectivity index (χ2n) is 5.62. The van der Waals surface area contributed by atoms with E-state index in [1.54, 1.807) is 36.0 Å². The number of nitrogens with zero attached hydrogens (tertiary/aromatic N) is 1. The van der Waals surface area contributed by atoms with Crippen molar-refractivity contribution in [3.63, 3.8) is 0 Å². The number of nitrogens with one attached hydrogen (secondary N) is 1. The van der Waals surface area contributed by atoms with E-state index in [2.05, 4.69) is 5.32 Å². The summed E-state index contributed by atoms with van der Waals surface area (Å²) in [6.07, 6.45) is 0. The molecule has 1 saturated heterocycles. The number of benzene rings is 1. The minimum Gasteiger partial charge on any atom is -0.451 e. The van der Waals surface area contributed by atoms with Gasteiger partial charge in [0.2, 0.25) is 10.0 Å². The molecule has 3 rings (SSSR count). The van der Waals surface area contributed by atoms with Crippen LogP contribution in [0.25, 0.3) is 0 Å². The molecule has 27 heavy (non-hydrogen) atoms. The zero-order valence-electron chi connectivity index (χ0n) is 14.3. The van der Waals surface area contributed by atoms with Crippen molar-refractivity contribution < 1.29 is 22.7 Å². The average molecular weight is 427 g/mol. The molecule has 1 amide bonds. The van der Waals surface area contributed by atoms with Gasteiger partial charge in [-0.15, -0.1) is 11.3 Å². The summed E-state index contributed by atoms with van der Waals surface area (Å²) in [7, 11) is -3.75. The molecular formula is C17H18N2O5S3. The van der Waals surface area contributed by atoms with Crippen molar-refractivity contribution in [1.29, 1.82) is 0 Å². The van der Waals surface area contributed by atoms with E-state index < -0.39 is 28.5 Å². The van der Waals surface area contributed by atoms with Crippen LogP contribution in [0.2, 0.25) is 0 Å². The van der Waals surface area contributed by atoms with Crippen molar-refractivity contribution in [2.24, 2.45) is 0 Å². The molecule has 0 unspecified atom stereocenters. The van der Waals surface area contributed by atoms with E-state index in [0.29, 0.717) is 18.8 Å². The largest absolute Gasteiger partial charge is 0.451 e. The van der Waals surface area contributed by atoms with Crippen molar-refractivity contribution in [3.8, 4) is 0 Å². The molecule has 0 radical (unpaired) electrons. The number of rotatable bonds is 6. The van der Waals surface area contributed by atoms with Crippen LogP contribution in [0.15, 0.2) is 46.7 Å². The van der Waals surface area contributed by atoms with Crippen LogP contribution in [0.1, 0.15) is 9.67 Å². The predicted octanol–water partition coefficient (Wildman–Crippen LogP) is 2.28. The molecule has 1 N–H and O–H groups in total. The van der Waals surface area contributed by atoms with Gasteiger partial charge in [-0.2, -0.15) is 16.1 Å². The van der Waals surface area contributed by atoms with Crippen LogP contribution >= 0.6 is 23.1 Å². The fourth-order valence-electron chi connectivity index (χ4n) is 2.49. The second kappa shape index (κ2) is 8.87. The normalized spacial score (nSPS) is 15.3. The Bertz CT molecular complexity index is 906. The summed E-state index contributed by atoms with van der Waals surface area (Å²) in [5.41, 5.74) is 0.584. The number of amides is 1. The SMILES string of the molecule is O=C(COC(=O)c1sccc1S(=O)(=O)N1CCSCC1)Nc1ccccc1. The molecule has 2 aromatic rings. The van der Waals surface area contributed by atoms with Crippen LogP contribution in [0.5, 0.6) is 0 Å². The number of carbonyl (C=O) groups excluding carboxylic acids is 2. The third-order valence-electron chi connectivity index (χ3n) is 3.79. The predicted molar refractivity (Wildman–Crippen MR) is 106 cm³/mol. The molecule has 10 heteroatoms. The summed E-state index contributed by atoms with van der Waals surface area (Å²) in [6, 6.07) is 10.2. The van der Waals surface area contributed by atoms with Gasteiger partial charge in [-0.3, -0.25) is 4.79 Å². The zero-order valence-corrected chi connectivity index (χ0v) is 16.7. The summed E-state index contributed by atoms with van der Waals surface area (Å²) < 4.78 is 32.0. The Balaban J connectivity index is 1.64. The van der Waals surface area contributed by atoms with Crippen LogP contribution < -0.4 is 5.32 Å². The van der Waals surface area contributed by atoms with Gasteiger partial charge in [0, 0.05) is 30.3 Å². The summed E-state index contributed by atoms with van der Waals surface area (Å²) in [5.74, 6) is 0.132. The van der Waals surface area contributed by atoms with Crippen molar-refractivity contribution in [2.45, 2.75) is 4.90 Å². The number of hydrogen-bond acceptors (Lipinski definition) is 7. The quantitative estimate of drug-likeness (QED) is 0.713. The lowest BCUT2D eigenvalue weighted by Gasteiger charge is -2.25. The third-order valence-corrected chi connectivity index (χ3v) is 7.70. The lowest BCUT2D eigenvalue weighted by molar-refractivity contribution is -0.119. The first-order valence-corrected chi connectivity index (χ1v) is 11.6. The number of para-hydroxylation sites is 1. The maximum atomic E-state index is 12.8. The maximum absolute atomic E-state index is 12.8. The van der Waals surface area contributed by atoms with E-state index in [1.807, 2.05) is 6.07 Å². The molecule has 2 heterocycles. The fraction of sp³-hybridized carbons (Fsp3) is 0.294. The van der Waals surface area contributed by atoms with Crippen LogP contribution in [0.4, 0.5) is 5.69 Å². The molecule has 0 atom stereocenters. The van der Waals surface area contributed by atoms with E-state index in [-0.39, 0.29) is 9.77 Å². The third kappa shape index (κ3) is 4.89. The molecule has 0 aliphatic carbocycles. The second-order valence-corrected chi connectivity index (χ2v) is 9.67. The van der Waals surface area contributed by atoms with Gasteiger partial charge >= 0.3 is 5.97 Å². The number of anilines is 1. The van der Waals surface area contributed by atoms with Gasteiger partial charge in [0.05, 0.1) is 0 Å². The molecule has 144 valence electrons. The number of ether oxygens (including phenoxy) is 1. The minimum atomic E-state index is -3.75. The number of thioether (sulfide) groups is 1. The van der Waals surface area contributed by atoms with Gasteiger partial charge < -0.3 is 10.1 Å². The smallest absolute Gasteiger partial charge is 0.350 e. The standard InChI is InChI=1S/C17H18N2O5S3/c20-15(18-13-4-2-1-3-5-13)12-24-17(21)16-14(6-9-26-16)27(22,23)19-7-10-25-11-8-19/h1-6,9H,7-8,10-12H2,(H,18,20). The molecule has 0 saturated carbocycles. The molecular weight excluding hydrogens is 408 g/mol. The number of esters is 1. The number of carbonyl (C=O) groups is 2. The number of thiophene rings is 1. The minimum absolute atomic E-state index is 0.0132. The molecule has 0 spiro atoms. The summed E-state index contributed by atoms with van der Waals surface area (Å²) in [6.45, 7) is 0.332. The first-order valence-electron chi connectivity index (χ1n) is 8.16. The van der Waals surface area contributed by atoms with Crippen molar-refractivity contribution >= 4 is 50.7 Å². The summed E-state index contributed by atoms with van der Waals surface area (Å²) in [5, 5.41) is 4.13. The Morgan fingerprint density at radius 3 is 2.52 bits per heavy atom. The molecule has 1 aliphatic heterocycles. The molecule has 1 aromatic heterocycles. The van der Waals surface area contributed by atoms with Gasteiger partial charge in [-0.1, -0.05) is 18.2 Å². The highest BCUT2D eigenvalue weighted by Gasteiger charge is 2.31. The van der Waals surface area contributed by atoms with Crippen LogP contribution in [0.3, 0.4) is 0 Å². The fourth-order valence-corrected chi connectivity index (χ4v) is 6.35. The van der Waals surface area contributed by atoms with Gasteiger partial charge in [-0.05, 0) is 23.6 Å². The number of sulfonamides is 1. The van der Waals surface area contributed by atoms with Crippen LogP contribution in [-0.2, 0) is 19.6 Å². The van der Waals surface area contributed by atoms with Gasteiger partial charge in [0.1, 0.15) is 9.77 Å². The van der Waals surface area contributed by atoms with E-state index in [9.17, 15) is 18.0 Å². The molecule has 1 aromatic carbocycles. The summed E-state index contributed by atoms with van der Waals surface area (Å²) in [4.78, 5) is 24.2. The first-order chi connectivity index (χ1) is 13.0. The Morgan fingerprint density at radius 2 is 1.81 bits per heavy atom. The zero-order chi connectivity index (χ0) is 19.3. The molecule has 1 aliphatic rings. The Morgan fingerprint density at radius 1 is 1.11 bits per heavy atom. The first kappa shape index (κ1) is 19.9. The van der Waals surface area contributed by atoms with Crippen LogP contribution in [-0.4, -0.2) is 55.8 Å². The lowest BCUT2D eigenvalue weighted by atomic mass is 10.3. The summed E-state index contributed by atoms with van der Waals surface area (Å²) >= 11 is 2.68. The van der Waals surface area contributed by atoms with Crippen LogP contribution in [0, 0.1) is 0 Å². The van der Waals surface area contributed by atoms with E-state index in [1.165, 1.54) is 15.8 Å². The monoisotopic (exact) mass is 426 g/mol. The average Bonchev–Trinajstić information content (AvgIpc) is 3.18. The highest BCUT2D eigenvalue weighted by molar-refractivity contribution is 7.99.